The highest BCUT2D eigenvalue weighted by molar-refractivity contribution is 5.12. The minimum Gasteiger partial charge on any atom is -0.467 e. The Morgan fingerprint density at radius 1 is 1.42 bits per heavy atom. The van der Waals surface area contributed by atoms with Gasteiger partial charge in [0, 0.05) is 24.3 Å². The molecule has 19 heavy (non-hydrogen) atoms. The van der Waals surface area contributed by atoms with Crippen LogP contribution in [0.5, 0.6) is 0 Å². The van der Waals surface area contributed by atoms with Gasteiger partial charge in [-0.2, -0.15) is 0 Å². The molecule has 2 rings (SSSR count). The average molecular weight is 267 g/mol. The Labute approximate surface area is 115 Å². The Hall–Kier alpha value is -0.840. The molecule has 1 N–H and O–H groups in total. The van der Waals surface area contributed by atoms with E-state index in [1.807, 2.05) is 6.07 Å². The molecule has 0 aliphatic carbocycles. The first-order valence-corrected chi connectivity index (χ1v) is 7.03. The summed E-state index contributed by atoms with van der Waals surface area (Å²) in [6, 6.07) is 2.05. The molecule has 4 heteroatoms. The van der Waals surface area contributed by atoms with E-state index in [0.29, 0.717) is 13.2 Å². The standard InChI is InChI=1S/C15H25NO3/c1-15(2,3)16-8-12-7-14(19-9-12)11-17-10-13-5-4-6-18-13/h7,9,13,16H,4-6,8,10-11H2,1-3H3. The number of hydrogen-bond donors (Lipinski definition) is 1. The normalized spacial score (nSPS) is 20.1. The van der Waals surface area contributed by atoms with Gasteiger partial charge in [0.05, 0.1) is 19.0 Å². The van der Waals surface area contributed by atoms with Crippen LogP contribution < -0.4 is 5.32 Å². The summed E-state index contributed by atoms with van der Waals surface area (Å²) in [6.07, 6.45) is 4.33. The minimum atomic E-state index is 0.119. The van der Waals surface area contributed by atoms with Crippen LogP contribution in [0.2, 0.25) is 0 Å². The summed E-state index contributed by atoms with van der Waals surface area (Å²) in [6.45, 7) is 9.33. The van der Waals surface area contributed by atoms with Crippen LogP contribution in [0.3, 0.4) is 0 Å². The molecule has 0 aromatic carbocycles. The first-order chi connectivity index (χ1) is 9.03. The van der Waals surface area contributed by atoms with Crippen molar-refractivity contribution in [3.05, 3.63) is 23.7 Å². The van der Waals surface area contributed by atoms with Crippen molar-refractivity contribution in [2.45, 2.75) is 58.4 Å². The molecule has 1 aromatic rings. The van der Waals surface area contributed by atoms with Gasteiger partial charge in [0.15, 0.2) is 0 Å². The van der Waals surface area contributed by atoms with Gasteiger partial charge in [-0.3, -0.25) is 0 Å². The van der Waals surface area contributed by atoms with Gasteiger partial charge in [0.2, 0.25) is 0 Å². The lowest BCUT2D eigenvalue weighted by Crippen LogP contribution is -2.34. The highest BCUT2D eigenvalue weighted by atomic mass is 16.5. The molecule has 4 nitrogen and oxygen atoms in total. The zero-order chi connectivity index (χ0) is 13.7. The summed E-state index contributed by atoms with van der Waals surface area (Å²) in [7, 11) is 0. The third-order valence-corrected chi connectivity index (χ3v) is 3.10. The molecule has 1 unspecified atom stereocenters. The quantitative estimate of drug-likeness (QED) is 0.860. The van der Waals surface area contributed by atoms with Gasteiger partial charge in [-0.15, -0.1) is 0 Å². The molecule has 2 heterocycles. The van der Waals surface area contributed by atoms with E-state index < -0.39 is 0 Å². The smallest absolute Gasteiger partial charge is 0.129 e. The fourth-order valence-electron chi connectivity index (χ4n) is 2.03. The fourth-order valence-corrected chi connectivity index (χ4v) is 2.03. The number of rotatable bonds is 6. The second-order valence-electron chi connectivity index (χ2n) is 6.17. The number of hydrogen-bond acceptors (Lipinski definition) is 4. The van der Waals surface area contributed by atoms with Crippen LogP contribution in [0.25, 0.3) is 0 Å². The molecular weight excluding hydrogens is 242 g/mol. The molecule has 0 amide bonds. The number of ether oxygens (including phenoxy) is 2. The van der Waals surface area contributed by atoms with Gasteiger partial charge in [0.1, 0.15) is 12.4 Å². The predicted molar refractivity (Wildman–Crippen MR) is 73.9 cm³/mol. The van der Waals surface area contributed by atoms with Crippen molar-refractivity contribution in [2.24, 2.45) is 0 Å². The van der Waals surface area contributed by atoms with Crippen LogP contribution in [0, 0.1) is 0 Å². The Morgan fingerprint density at radius 3 is 2.95 bits per heavy atom. The molecule has 1 atom stereocenters. The Morgan fingerprint density at radius 2 is 2.26 bits per heavy atom. The summed E-state index contributed by atoms with van der Waals surface area (Å²) in [4.78, 5) is 0. The summed E-state index contributed by atoms with van der Waals surface area (Å²) < 4.78 is 16.6. The topological polar surface area (TPSA) is 43.6 Å². The van der Waals surface area contributed by atoms with Crippen LogP contribution >= 0.6 is 0 Å². The van der Waals surface area contributed by atoms with E-state index in [4.69, 9.17) is 13.9 Å². The second-order valence-corrected chi connectivity index (χ2v) is 6.17. The molecule has 0 spiro atoms. The van der Waals surface area contributed by atoms with Crippen LogP contribution in [0.4, 0.5) is 0 Å². The summed E-state index contributed by atoms with van der Waals surface area (Å²) >= 11 is 0. The average Bonchev–Trinajstić information content (AvgIpc) is 2.97. The van der Waals surface area contributed by atoms with E-state index in [0.717, 1.165) is 37.3 Å². The largest absolute Gasteiger partial charge is 0.467 e. The number of furan rings is 1. The summed E-state index contributed by atoms with van der Waals surface area (Å²) in [5.74, 6) is 0.878. The third-order valence-electron chi connectivity index (χ3n) is 3.10. The molecule has 1 aromatic heterocycles. The maximum absolute atomic E-state index is 5.62. The maximum atomic E-state index is 5.62. The molecule has 0 bridgehead atoms. The van der Waals surface area contributed by atoms with Crippen LogP contribution in [-0.2, 0) is 22.6 Å². The van der Waals surface area contributed by atoms with E-state index in [1.54, 1.807) is 6.26 Å². The minimum absolute atomic E-state index is 0.119. The number of nitrogens with one attached hydrogen (secondary N) is 1. The van der Waals surface area contributed by atoms with Crippen molar-refractivity contribution < 1.29 is 13.9 Å². The van der Waals surface area contributed by atoms with E-state index in [1.165, 1.54) is 0 Å². The molecule has 0 saturated carbocycles. The zero-order valence-corrected chi connectivity index (χ0v) is 12.2. The molecule has 1 saturated heterocycles. The third kappa shape index (κ3) is 5.35. The van der Waals surface area contributed by atoms with Crippen LogP contribution in [0.15, 0.2) is 16.7 Å². The monoisotopic (exact) mass is 267 g/mol. The van der Waals surface area contributed by atoms with Gasteiger partial charge in [0.25, 0.3) is 0 Å². The van der Waals surface area contributed by atoms with Crippen molar-refractivity contribution in [2.75, 3.05) is 13.2 Å². The molecule has 108 valence electrons. The summed E-state index contributed by atoms with van der Waals surface area (Å²) in [5.41, 5.74) is 1.28. The first-order valence-electron chi connectivity index (χ1n) is 7.03. The first kappa shape index (κ1) is 14.6. The van der Waals surface area contributed by atoms with Gasteiger partial charge in [-0.05, 0) is 39.7 Å². The van der Waals surface area contributed by atoms with Gasteiger partial charge >= 0.3 is 0 Å². The van der Waals surface area contributed by atoms with Gasteiger partial charge < -0.3 is 19.2 Å². The van der Waals surface area contributed by atoms with E-state index in [2.05, 4.69) is 26.1 Å². The second kappa shape index (κ2) is 6.55. The van der Waals surface area contributed by atoms with E-state index in [-0.39, 0.29) is 11.6 Å². The van der Waals surface area contributed by atoms with Crippen LogP contribution in [-0.4, -0.2) is 24.9 Å². The zero-order valence-electron chi connectivity index (χ0n) is 12.2. The van der Waals surface area contributed by atoms with Gasteiger partial charge in [-0.1, -0.05) is 0 Å². The van der Waals surface area contributed by atoms with Crippen molar-refractivity contribution in [1.29, 1.82) is 0 Å². The molecule has 1 aliphatic rings. The SMILES string of the molecule is CC(C)(C)NCc1coc(COCC2CCCO2)c1. The van der Waals surface area contributed by atoms with E-state index in [9.17, 15) is 0 Å². The van der Waals surface area contributed by atoms with Crippen LogP contribution in [0.1, 0.15) is 44.9 Å². The molecular formula is C15H25NO3. The lowest BCUT2D eigenvalue weighted by molar-refractivity contribution is 0.00581. The maximum Gasteiger partial charge on any atom is 0.129 e. The van der Waals surface area contributed by atoms with Crippen molar-refractivity contribution in [3.8, 4) is 0 Å². The lowest BCUT2D eigenvalue weighted by Gasteiger charge is -2.19. The highest BCUT2D eigenvalue weighted by Crippen LogP contribution is 2.14. The van der Waals surface area contributed by atoms with Crippen molar-refractivity contribution >= 4 is 0 Å². The fraction of sp³-hybridized carbons (Fsp3) is 0.733. The Balaban J connectivity index is 1.68. The highest BCUT2D eigenvalue weighted by Gasteiger charge is 2.15. The molecule has 1 aliphatic heterocycles. The Kier molecular flexibility index (Phi) is 5.02. The molecule has 1 fully saturated rings. The van der Waals surface area contributed by atoms with Gasteiger partial charge in [-0.25, -0.2) is 0 Å². The lowest BCUT2D eigenvalue weighted by atomic mass is 10.1. The van der Waals surface area contributed by atoms with Crippen molar-refractivity contribution in [1.82, 2.24) is 5.32 Å². The predicted octanol–water partition coefficient (Wildman–Crippen LogP) is 2.86. The summed E-state index contributed by atoms with van der Waals surface area (Å²) in [5, 5.41) is 3.43. The molecule has 0 radical (unpaired) electrons. The Bertz CT molecular complexity index is 375. The van der Waals surface area contributed by atoms with Crippen molar-refractivity contribution in [3.63, 3.8) is 0 Å². The van der Waals surface area contributed by atoms with E-state index >= 15 is 0 Å².